The standard InChI is InChI=1S/C9H13N3O2S/c1-3(4(2)10)5-6(11)7(9(13)14)15-8(5)12/h10-12H2,1-2H3,(H,13,14)/b4-3-. The number of rotatable bonds is 2. The first kappa shape index (κ1) is 11.4. The SMILES string of the molecule is C/C(N)=C(\C)c1c(N)sc(C(=O)O)c1N. The molecule has 15 heavy (non-hydrogen) atoms. The number of hydrogen-bond donors (Lipinski definition) is 4. The highest BCUT2D eigenvalue weighted by Gasteiger charge is 2.20. The normalized spacial score (nSPS) is 12.4. The van der Waals surface area contributed by atoms with Crippen molar-refractivity contribution >= 4 is 33.6 Å². The van der Waals surface area contributed by atoms with E-state index in [2.05, 4.69) is 0 Å². The number of aromatic carboxylic acids is 1. The summed E-state index contributed by atoms with van der Waals surface area (Å²) in [6.07, 6.45) is 0. The highest BCUT2D eigenvalue weighted by atomic mass is 32.1. The van der Waals surface area contributed by atoms with E-state index in [0.717, 1.165) is 11.3 Å². The number of allylic oxidation sites excluding steroid dienone is 2. The molecule has 0 aliphatic carbocycles. The fourth-order valence-electron chi connectivity index (χ4n) is 1.21. The third kappa shape index (κ3) is 1.89. The lowest BCUT2D eigenvalue weighted by atomic mass is 10.1. The van der Waals surface area contributed by atoms with Crippen LogP contribution in [0.4, 0.5) is 10.7 Å². The summed E-state index contributed by atoms with van der Waals surface area (Å²) >= 11 is 0.958. The quantitative estimate of drug-likeness (QED) is 0.608. The van der Waals surface area contributed by atoms with Crippen molar-refractivity contribution in [1.82, 2.24) is 0 Å². The Morgan fingerprint density at radius 2 is 1.87 bits per heavy atom. The second-order valence-corrected chi connectivity index (χ2v) is 4.25. The van der Waals surface area contributed by atoms with Crippen LogP contribution in [0.3, 0.4) is 0 Å². The summed E-state index contributed by atoms with van der Waals surface area (Å²) in [5, 5.41) is 9.23. The Morgan fingerprint density at radius 3 is 2.20 bits per heavy atom. The van der Waals surface area contributed by atoms with Gasteiger partial charge in [0.1, 0.15) is 4.88 Å². The van der Waals surface area contributed by atoms with Crippen molar-refractivity contribution in [2.24, 2.45) is 5.73 Å². The monoisotopic (exact) mass is 227 g/mol. The van der Waals surface area contributed by atoms with Gasteiger partial charge in [0.2, 0.25) is 0 Å². The summed E-state index contributed by atoms with van der Waals surface area (Å²) < 4.78 is 0. The summed E-state index contributed by atoms with van der Waals surface area (Å²) in [5.74, 6) is -1.07. The molecule has 0 atom stereocenters. The minimum atomic E-state index is -1.07. The summed E-state index contributed by atoms with van der Waals surface area (Å²) in [4.78, 5) is 10.9. The van der Waals surface area contributed by atoms with Gasteiger partial charge in [0.15, 0.2) is 0 Å². The smallest absolute Gasteiger partial charge is 0.348 e. The molecule has 1 aromatic heterocycles. The van der Waals surface area contributed by atoms with Crippen molar-refractivity contribution in [1.29, 1.82) is 0 Å². The van der Waals surface area contributed by atoms with Gasteiger partial charge >= 0.3 is 5.97 Å². The number of nitrogen functional groups attached to an aromatic ring is 2. The molecule has 0 bridgehead atoms. The number of carbonyl (C=O) groups is 1. The molecule has 0 unspecified atom stereocenters. The van der Waals surface area contributed by atoms with Crippen LogP contribution in [-0.4, -0.2) is 11.1 Å². The van der Waals surface area contributed by atoms with Gasteiger partial charge in [-0.2, -0.15) is 0 Å². The van der Waals surface area contributed by atoms with E-state index in [9.17, 15) is 4.79 Å². The Bertz CT molecular complexity index is 444. The second kappa shape index (κ2) is 3.82. The summed E-state index contributed by atoms with van der Waals surface area (Å²) in [7, 11) is 0. The van der Waals surface area contributed by atoms with Gasteiger partial charge in [-0.05, 0) is 19.4 Å². The van der Waals surface area contributed by atoms with E-state index in [1.165, 1.54) is 0 Å². The molecular formula is C9H13N3O2S. The van der Waals surface area contributed by atoms with Crippen molar-refractivity contribution in [3.05, 3.63) is 16.1 Å². The largest absolute Gasteiger partial charge is 0.477 e. The number of anilines is 2. The average molecular weight is 227 g/mol. The molecular weight excluding hydrogens is 214 g/mol. The van der Waals surface area contributed by atoms with Crippen LogP contribution in [0.15, 0.2) is 5.70 Å². The maximum absolute atomic E-state index is 10.8. The van der Waals surface area contributed by atoms with E-state index in [1.807, 2.05) is 0 Å². The van der Waals surface area contributed by atoms with Gasteiger partial charge in [0, 0.05) is 11.3 Å². The summed E-state index contributed by atoms with van der Waals surface area (Å²) in [6, 6.07) is 0. The summed E-state index contributed by atoms with van der Waals surface area (Å²) in [6.45, 7) is 3.47. The third-order valence-electron chi connectivity index (χ3n) is 2.13. The second-order valence-electron chi connectivity index (χ2n) is 3.20. The van der Waals surface area contributed by atoms with Crippen LogP contribution in [0.25, 0.3) is 5.57 Å². The van der Waals surface area contributed by atoms with E-state index < -0.39 is 5.97 Å². The molecule has 1 rings (SSSR count). The van der Waals surface area contributed by atoms with E-state index in [0.29, 0.717) is 21.8 Å². The Balaban J connectivity index is 3.45. The Kier molecular flexibility index (Phi) is 2.90. The first-order chi connectivity index (χ1) is 6.86. The minimum Gasteiger partial charge on any atom is -0.477 e. The Morgan fingerprint density at radius 1 is 1.33 bits per heavy atom. The van der Waals surface area contributed by atoms with Crippen LogP contribution in [0.1, 0.15) is 29.1 Å². The predicted octanol–water partition coefficient (Wildman–Crippen LogP) is 1.32. The average Bonchev–Trinajstić information content (AvgIpc) is 2.41. The summed E-state index contributed by atoms with van der Waals surface area (Å²) in [5.41, 5.74) is 19.0. The number of hydrogen-bond acceptors (Lipinski definition) is 5. The molecule has 1 heterocycles. The number of nitrogens with two attached hydrogens (primary N) is 3. The highest BCUT2D eigenvalue weighted by molar-refractivity contribution is 7.18. The molecule has 0 saturated heterocycles. The lowest BCUT2D eigenvalue weighted by Gasteiger charge is -2.04. The lowest BCUT2D eigenvalue weighted by Crippen LogP contribution is -2.02. The zero-order chi connectivity index (χ0) is 11.7. The van der Waals surface area contributed by atoms with Gasteiger partial charge in [-0.1, -0.05) is 0 Å². The van der Waals surface area contributed by atoms with Crippen molar-refractivity contribution in [2.45, 2.75) is 13.8 Å². The molecule has 1 aromatic rings. The van der Waals surface area contributed by atoms with Gasteiger partial charge in [0.25, 0.3) is 0 Å². The van der Waals surface area contributed by atoms with Crippen LogP contribution in [-0.2, 0) is 0 Å². The lowest BCUT2D eigenvalue weighted by molar-refractivity contribution is 0.0703. The topological polar surface area (TPSA) is 115 Å². The molecule has 0 radical (unpaired) electrons. The van der Waals surface area contributed by atoms with Gasteiger partial charge < -0.3 is 22.3 Å². The Labute approximate surface area is 91.2 Å². The number of carboxylic acids is 1. The molecule has 82 valence electrons. The van der Waals surface area contributed by atoms with E-state index in [1.54, 1.807) is 13.8 Å². The molecule has 0 spiro atoms. The molecule has 0 aliphatic heterocycles. The maximum atomic E-state index is 10.8. The van der Waals surface area contributed by atoms with Crippen LogP contribution < -0.4 is 17.2 Å². The van der Waals surface area contributed by atoms with E-state index >= 15 is 0 Å². The molecule has 0 saturated carbocycles. The van der Waals surface area contributed by atoms with Crippen LogP contribution >= 0.6 is 11.3 Å². The zero-order valence-electron chi connectivity index (χ0n) is 8.50. The van der Waals surface area contributed by atoms with Crippen LogP contribution in [0, 0.1) is 0 Å². The first-order valence-electron chi connectivity index (χ1n) is 4.20. The van der Waals surface area contributed by atoms with Gasteiger partial charge in [-0.25, -0.2) is 4.79 Å². The van der Waals surface area contributed by atoms with Crippen LogP contribution in [0.5, 0.6) is 0 Å². The number of carboxylic acid groups (broad SMARTS) is 1. The van der Waals surface area contributed by atoms with Gasteiger partial charge in [-0.15, -0.1) is 11.3 Å². The minimum absolute atomic E-state index is 0.0584. The molecule has 0 amide bonds. The van der Waals surface area contributed by atoms with Gasteiger partial charge in [0.05, 0.1) is 10.7 Å². The fraction of sp³-hybridized carbons (Fsp3) is 0.222. The predicted molar refractivity (Wildman–Crippen MR) is 62.6 cm³/mol. The van der Waals surface area contributed by atoms with E-state index in [4.69, 9.17) is 22.3 Å². The fourth-order valence-corrected chi connectivity index (χ4v) is 2.09. The molecule has 0 fully saturated rings. The van der Waals surface area contributed by atoms with Crippen LogP contribution in [0.2, 0.25) is 0 Å². The van der Waals surface area contributed by atoms with Crippen molar-refractivity contribution in [3.63, 3.8) is 0 Å². The molecule has 7 N–H and O–H groups in total. The first-order valence-corrected chi connectivity index (χ1v) is 5.02. The molecule has 0 aliphatic rings. The number of thiophene rings is 1. The molecule has 6 heteroatoms. The van der Waals surface area contributed by atoms with Crippen molar-refractivity contribution in [3.8, 4) is 0 Å². The van der Waals surface area contributed by atoms with Crippen molar-refractivity contribution in [2.75, 3.05) is 11.5 Å². The van der Waals surface area contributed by atoms with Gasteiger partial charge in [-0.3, -0.25) is 0 Å². The highest BCUT2D eigenvalue weighted by Crippen LogP contribution is 2.38. The van der Waals surface area contributed by atoms with Crippen molar-refractivity contribution < 1.29 is 9.90 Å². The molecule has 0 aromatic carbocycles. The molecule has 5 nitrogen and oxygen atoms in total. The Hall–Kier alpha value is -1.69. The van der Waals surface area contributed by atoms with E-state index in [-0.39, 0.29) is 10.6 Å². The zero-order valence-corrected chi connectivity index (χ0v) is 9.31. The maximum Gasteiger partial charge on any atom is 0.348 e. The third-order valence-corrected chi connectivity index (χ3v) is 3.16.